The minimum absolute atomic E-state index is 0.0359. The Morgan fingerprint density at radius 3 is 2.19 bits per heavy atom. The Morgan fingerprint density at radius 2 is 1.57 bits per heavy atom. The Labute approximate surface area is 222 Å². The van der Waals surface area contributed by atoms with Gasteiger partial charge in [-0.1, -0.05) is 34.1 Å². The molecule has 0 aromatic heterocycles. The van der Waals surface area contributed by atoms with Crippen LogP contribution in [-0.2, 0) is 24.3 Å². The van der Waals surface area contributed by atoms with Gasteiger partial charge in [0.15, 0.2) is 0 Å². The van der Waals surface area contributed by atoms with Gasteiger partial charge in [0, 0.05) is 4.47 Å². The van der Waals surface area contributed by atoms with E-state index in [4.69, 9.17) is 14.2 Å². The molecule has 3 aromatic carbocycles. The van der Waals surface area contributed by atoms with Gasteiger partial charge in [0.2, 0.25) is 5.91 Å². The lowest BCUT2D eigenvalue weighted by Gasteiger charge is -2.25. The van der Waals surface area contributed by atoms with Crippen LogP contribution in [0.15, 0.2) is 76.1 Å². The Bertz CT molecular complexity index is 1430. The minimum Gasteiger partial charge on any atom is -0.495 e. The molecule has 0 bridgehead atoms. The van der Waals surface area contributed by atoms with Crippen LogP contribution in [0.2, 0.25) is 0 Å². The van der Waals surface area contributed by atoms with Crippen LogP contribution in [-0.4, -0.2) is 54.1 Å². The fourth-order valence-electron chi connectivity index (χ4n) is 3.38. The van der Waals surface area contributed by atoms with E-state index >= 15 is 0 Å². The van der Waals surface area contributed by atoms with Crippen molar-refractivity contribution < 1.29 is 37.0 Å². The molecule has 0 radical (unpaired) electrons. The number of anilines is 2. The average Bonchev–Trinajstić information content (AvgIpc) is 2.91. The van der Waals surface area contributed by atoms with Crippen LogP contribution in [0.4, 0.5) is 11.4 Å². The number of esters is 2. The second-order valence-electron chi connectivity index (χ2n) is 7.43. The average molecular weight is 591 g/mol. The van der Waals surface area contributed by atoms with Crippen molar-refractivity contribution >= 4 is 55.2 Å². The van der Waals surface area contributed by atoms with Crippen LogP contribution in [0.5, 0.6) is 5.75 Å². The summed E-state index contributed by atoms with van der Waals surface area (Å²) in [5.41, 5.74) is 0.199. The number of methoxy groups -OCH3 is 3. The molecular formula is C25H23BrN2O8S. The summed E-state index contributed by atoms with van der Waals surface area (Å²) in [5.74, 6) is -2.16. The molecule has 0 aliphatic heterocycles. The fraction of sp³-hybridized carbons (Fsp3) is 0.160. The van der Waals surface area contributed by atoms with Gasteiger partial charge in [0.25, 0.3) is 10.0 Å². The summed E-state index contributed by atoms with van der Waals surface area (Å²) in [7, 11) is -0.622. The molecule has 3 rings (SSSR count). The molecule has 37 heavy (non-hydrogen) atoms. The van der Waals surface area contributed by atoms with Crippen molar-refractivity contribution in [3.05, 3.63) is 82.3 Å². The molecule has 0 aliphatic carbocycles. The van der Waals surface area contributed by atoms with Crippen molar-refractivity contribution in [1.82, 2.24) is 0 Å². The Balaban J connectivity index is 2.04. The number of para-hydroxylation sites is 1. The van der Waals surface area contributed by atoms with Crippen LogP contribution >= 0.6 is 15.9 Å². The maximum absolute atomic E-state index is 13.8. The van der Waals surface area contributed by atoms with Gasteiger partial charge in [-0.2, -0.15) is 0 Å². The number of amides is 1. The predicted octanol–water partition coefficient (Wildman–Crippen LogP) is 3.86. The van der Waals surface area contributed by atoms with Crippen LogP contribution in [0.3, 0.4) is 0 Å². The molecule has 0 atom stereocenters. The maximum Gasteiger partial charge on any atom is 0.339 e. The number of nitrogens with one attached hydrogen (secondary N) is 1. The topological polar surface area (TPSA) is 128 Å². The number of sulfonamides is 1. The van der Waals surface area contributed by atoms with Crippen molar-refractivity contribution in [2.45, 2.75) is 4.90 Å². The van der Waals surface area contributed by atoms with Crippen LogP contribution in [0.1, 0.15) is 20.7 Å². The van der Waals surface area contributed by atoms with E-state index in [1.165, 1.54) is 56.7 Å². The largest absolute Gasteiger partial charge is 0.495 e. The van der Waals surface area contributed by atoms with Gasteiger partial charge in [-0.15, -0.1) is 0 Å². The van der Waals surface area contributed by atoms with E-state index < -0.39 is 34.4 Å². The molecule has 0 spiro atoms. The van der Waals surface area contributed by atoms with E-state index in [0.29, 0.717) is 4.47 Å². The summed E-state index contributed by atoms with van der Waals surface area (Å²) >= 11 is 3.27. The molecule has 0 aliphatic rings. The van der Waals surface area contributed by atoms with Gasteiger partial charge in [-0.3, -0.25) is 9.10 Å². The molecule has 0 fully saturated rings. The van der Waals surface area contributed by atoms with Crippen LogP contribution in [0.25, 0.3) is 0 Å². The second-order valence-corrected chi connectivity index (χ2v) is 10.2. The molecule has 10 nitrogen and oxygen atoms in total. The second kappa shape index (κ2) is 11.9. The smallest absolute Gasteiger partial charge is 0.339 e. The van der Waals surface area contributed by atoms with Crippen molar-refractivity contribution in [2.24, 2.45) is 0 Å². The highest BCUT2D eigenvalue weighted by molar-refractivity contribution is 9.10. The third kappa shape index (κ3) is 6.27. The number of hydrogen-bond acceptors (Lipinski definition) is 8. The zero-order valence-corrected chi connectivity index (χ0v) is 22.5. The summed E-state index contributed by atoms with van der Waals surface area (Å²) in [6, 6.07) is 16.4. The van der Waals surface area contributed by atoms with E-state index in [1.54, 1.807) is 24.3 Å². The maximum atomic E-state index is 13.8. The lowest BCUT2D eigenvalue weighted by molar-refractivity contribution is -0.114. The number of carbonyl (C=O) groups is 3. The zero-order valence-electron chi connectivity index (χ0n) is 20.1. The quantitative estimate of drug-likeness (QED) is 0.372. The number of nitrogens with zero attached hydrogens (tertiary/aromatic N) is 1. The van der Waals surface area contributed by atoms with Crippen molar-refractivity contribution in [2.75, 3.05) is 37.5 Å². The number of benzene rings is 3. The zero-order chi connectivity index (χ0) is 27.2. The molecule has 0 heterocycles. The lowest BCUT2D eigenvalue weighted by Crippen LogP contribution is -2.38. The van der Waals surface area contributed by atoms with Gasteiger partial charge in [-0.05, 0) is 48.5 Å². The molecule has 194 valence electrons. The molecule has 3 aromatic rings. The first-order chi connectivity index (χ1) is 17.6. The highest BCUT2D eigenvalue weighted by Gasteiger charge is 2.31. The van der Waals surface area contributed by atoms with Gasteiger partial charge in [0.05, 0.1) is 43.8 Å². The molecule has 1 N–H and O–H groups in total. The summed E-state index contributed by atoms with van der Waals surface area (Å²) in [6.45, 7) is -0.662. The van der Waals surface area contributed by atoms with E-state index in [0.717, 1.165) is 11.4 Å². The third-order valence-electron chi connectivity index (χ3n) is 5.15. The monoisotopic (exact) mass is 590 g/mol. The van der Waals surface area contributed by atoms with Crippen LogP contribution in [0, 0.1) is 0 Å². The van der Waals surface area contributed by atoms with E-state index in [9.17, 15) is 22.8 Å². The standard InChI is InChI=1S/C25H23BrN2O8S/c1-34-21-12-10-17(26)14-22(21)37(32,33)28(18-7-5-4-6-8-18)15-23(29)27-20-13-16(24(30)35-2)9-11-19(20)25(31)36-3/h4-14H,15H2,1-3H3,(H,27,29). The molecule has 0 saturated carbocycles. The Morgan fingerprint density at radius 1 is 0.892 bits per heavy atom. The van der Waals surface area contributed by atoms with Crippen molar-refractivity contribution in [3.8, 4) is 5.75 Å². The first-order valence-electron chi connectivity index (χ1n) is 10.6. The molecule has 12 heteroatoms. The normalized spacial score (nSPS) is 10.8. The summed E-state index contributed by atoms with van der Waals surface area (Å²) < 4.78 is 43.6. The predicted molar refractivity (Wildman–Crippen MR) is 139 cm³/mol. The van der Waals surface area contributed by atoms with Gasteiger partial charge in [-0.25, -0.2) is 18.0 Å². The third-order valence-corrected chi connectivity index (χ3v) is 7.43. The fourth-order valence-corrected chi connectivity index (χ4v) is 5.50. The SMILES string of the molecule is COC(=O)c1ccc(C(=O)OC)c(NC(=O)CN(c2ccccc2)S(=O)(=O)c2cc(Br)ccc2OC)c1. The molecule has 1 amide bonds. The highest BCUT2D eigenvalue weighted by Crippen LogP contribution is 2.32. The first kappa shape index (κ1) is 27.7. The van der Waals surface area contributed by atoms with E-state index in [-0.39, 0.29) is 33.1 Å². The van der Waals surface area contributed by atoms with Gasteiger partial charge < -0.3 is 19.5 Å². The number of carbonyl (C=O) groups excluding carboxylic acids is 3. The molecule has 0 unspecified atom stereocenters. The van der Waals surface area contributed by atoms with Crippen LogP contribution < -0.4 is 14.4 Å². The van der Waals surface area contributed by atoms with E-state index in [2.05, 4.69) is 21.2 Å². The Kier molecular flexibility index (Phi) is 8.90. The Hall–Kier alpha value is -3.90. The highest BCUT2D eigenvalue weighted by atomic mass is 79.9. The number of ether oxygens (including phenoxy) is 3. The summed E-state index contributed by atoms with van der Waals surface area (Å²) in [5, 5.41) is 2.51. The summed E-state index contributed by atoms with van der Waals surface area (Å²) in [6.07, 6.45) is 0. The number of halogens is 1. The number of hydrogen-bond donors (Lipinski definition) is 1. The van der Waals surface area contributed by atoms with Crippen molar-refractivity contribution in [3.63, 3.8) is 0 Å². The molecule has 0 saturated heterocycles. The van der Waals surface area contributed by atoms with Gasteiger partial charge >= 0.3 is 11.9 Å². The first-order valence-corrected chi connectivity index (χ1v) is 12.9. The molecular weight excluding hydrogens is 568 g/mol. The van der Waals surface area contributed by atoms with E-state index in [1.807, 2.05) is 0 Å². The van der Waals surface area contributed by atoms with Crippen molar-refractivity contribution in [1.29, 1.82) is 0 Å². The lowest BCUT2D eigenvalue weighted by atomic mass is 10.1. The number of rotatable bonds is 9. The van der Waals surface area contributed by atoms with Gasteiger partial charge in [0.1, 0.15) is 17.2 Å². The summed E-state index contributed by atoms with van der Waals surface area (Å²) in [4.78, 5) is 37.2. The minimum atomic E-state index is -4.31.